The summed E-state index contributed by atoms with van der Waals surface area (Å²) < 4.78 is 0. The van der Waals surface area contributed by atoms with Gasteiger partial charge in [0, 0.05) is 26.1 Å². The maximum absolute atomic E-state index is 9.90. The van der Waals surface area contributed by atoms with Crippen LogP contribution < -0.4 is 0 Å². The smallest absolute Gasteiger partial charge is 0.303 e. The lowest BCUT2D eigenvalue weighted by atomic mass is 10.0. The van der Waals surface area contributed by atoms with E-state index in [9.17, 15) is 9.59 Å². The molecule has 0 saturated carbocycles. The Hall–Kier alpha value is -1.18. The molecule has 25 heavy (non-hydrogen) atoms. The zero-order valence-corrected chi connectivity index (χ0v) is 16.0. The van der Waals surface area contributed by atoms with E-state index < -0.39 is 11.9 Å². The maximum atomic E-state index is 9.90. The average Bonchev–Trinajstić information content (AvgIpc) is 2.53. The molecule has 2 unspecified atom stereocenters. The molecule has 0 aromatic carbocycles. The minimum atomic E-state index is -0.870. The van der Waals surface area contributed by atoms with Gasteiger partial charge in [0.1, 0.15) is 0 Å². The van der Waals surface area contributed by atoms with E-state index >= 15 is 0 Å². The molecule has 0 heterocycles. The van der Waals surface area contributed by atoms with Crippen LogP contribution >= 0.6 is 0 Å². The summed E-state index contributed by atoms with van der Waals surface area (Å²) in [5.41, 5.74) is 0. The molecule has 0 aliphatic heterocycles. The van der Waals surface area contributed by atoms with E-state index in [0.717, 1.165) is 6.42 Å². The number of aliphatic hydroxyl groups is 3. The fraction of sp³-hybridized carbons (Fsp3) is 0.889. The van der Waals surface area contributed by atoms with Crippen molar-refractivity contribution in [3.05, 3.63) is 0 Å². The number of carboxylic acids is 2. The highest BCUT2D eigenvalue weighted by Crippen LogP contribution is 2.10. The molecule has 0 bridgehead atoms. The van der Waals surface area contributed by atoms with Gasteiger partial charge in [-0.15, -0.1) is 0 Å². The predicted octanol–water partition coefficient (Wildman–Crippen LogP) is 2.66. The molecule has 0 aromatic rings. The first-order valence-corrected chi connectivity index (χ1v) is 9.08. The number of carboxylic acid groups (broad SMARTS) is 2. The summed E-state index contributed by atoms with van der Waals surface area (Å²) >= 11 is 0. The summed E-state index contributed by atoms with van der Waals surface area (Å²) in [6.45, 7) is 6.42. The molecule has 0 amide bonds. The Labute approximate surface area is 151 Å². The second-order valence-corrected chi connectivity index (χ2v) is 5.95. The summed E-state index contributed by atoms with van der Waals surface area (Å²) in [6.07, 6.45) is 5.98. The maximum Gasteiger partial charge on any atom is 0.303 e. The number of rotatable bonds is 12. The Morgan fingerprint density at radius 1 is 0.880 bits per heavy atom. The van der Waals surface area contributed by atoms with E-state index in [4.69, 9.17) is 25.5 Å². The van der Waals surface area contributed by atoms with Crippen molar-refractivity contribution >= 4 is 11.9 Å². The van der Waals surface area contributed by atoms with E-state index in [2.05, 4.69) is 13.8 Å². The van der Waals surface area contributed by atoms with Gasteiger partial charge in [0.25, 0.3) is 0 Å². The van der Waals surface area contributed by atoms with Gasteiger partial charge in [0.15, 0.2) is 0 Å². The molecule has 152 valence electrons. The first-order chi connectivity index (χ1) is 11.7. The first-order valence-electron chi connectivity index (χ1n) is 9.08. The lowest BCUT2D eigenvalue weighted by molar-refractivity contribution is -0.139. The van der Waals surface area contributed by atoms with Crippen molar-refractivity contribution in [1.82, 2.24) is 0 Å². The fourth-order valence-corrected chi connectivity index (χ4v) is 1.66. The van der Waals surface area contributed by atoms with Gasteiger partial charge in [-0.3, -0.25) is 9.59 Å². The van der Waals surface area contributed by atoms with Gasteiger partial charge < -0.3 is 25.5 Å². The third-order valence-corrected chi connectivity index (χ3v) is 3.38. The first kappa shape index (κ1) is 28.6. The molecule has 0 aromatic heterocycles. The molecule has 7 nitrogen and oxygen atoms in total. The third-order valence-electron chi connectivity index (χ3n) is 3.38. The molecular formula is C18H38O7. The highest BCUT2D eigenvalue weighted by atomic mass is 16.4. The van der Waals surface area contributed by atoms with Crippen molar-refractivity contribution < 1.29 is 35.1 Å². The van der Waals surface area contributed by atoms with Crippen LogP contribution in [0.1, 0.15) is 78.6 Å². The van der Waals surface area contributed by atoms with Crippen molar-refractivity contribution in [3.8, 4) is 0 Å². The standard InChI is InChI=1S/C8H18O.C6H10O4.C4H10O2/c1-3-5-6-8(4-2)7-9;7-5(8)3-1-2-4-6(9)10;1-4(6)2-3-5/h8-9H,3-7H2,1-2H3;1-4H2,(H,7,8)(H,9,10);4-6H,2-3H2,1H3. The molecule has 0 saturated heterocycles. The quantitative estimate of drug-likeness (QED) is 0.335. The van der Waals surface area contributed by atoms with E-state index in [0.29, 0.717) is 31.8 Å². The molecular weight excluding hydrogens is 328 g/mol. The fourth-order valence-electron chi connectivity index (χ4n) is 1.66. The minimum absolute atomic E-state index is 0.0628. The summed E-state index contributed by atoms with van der Waals surface area (Å²) in [5, 5.41) is 41.5. The second kappa shape index (κ2) is 22.8. The molecule has 0 aliphatic carbocycles. The van der Waals surface area contributed by atoms with Gasteiger partial charge in [-0.2, -0.15) is 0 Å². The monoisotopic (exact) mass is 366 g/mol. The Morgan fingerprint density at radius 2 is 1.36 bits per heavy atom. The van der Waals surface area contributed by atoms with Gasteiger partial charge in [-0.05, 0) is 38.5 Å². The Morgan fingerprint density at radius 3 is 1.56 bits per heavy atom. The topological polar surface area (TPSA) is 135 Å². The minimum Gasteiger partial charge on any atom is -0.481 e. The van der Waals surface area contributed by atoms with Crippen LogP contribution in [0.4, 0.5) is 0 Å². The van der Waals surface area contributed by atoms with Gasteiger partial charge in [-0.25, -0.2) is 0 Å². The molecule has 0 radical (unpaired) electrons. The van der Waals surface area contributed by atoms with E-state index in [1.807, 2.05) is 0 Å². The predicted molar refractivity (Wildman–Crippen MR) is 97.5 cm³/mol. The van der Waals surface area contributed by atoms with Crippen molar-refractivity contribution in [2.24, 2.45) is 5.92 Å². The zero-order chi connectivity index (χ0) is 20.1. The number of aliphatic carboxylic acids is 2. The highest BCUT2D eigenvalue weighted by Gasteiger charge is 2.01. The summed E-state index contributed by atoms with van der Waals surface area (Å²) in [6, 6.07) is 0. The van der Waals surface area contributed by atoms with E-state index in [1.165, 1.54) is 19.3 Å². The summed E-state index contributed by atoms with van der Waals surface area (Å²) in [5.74, 6) is -1.18. The number of unbranched alkanes of at least 4 members (excludes halogenated alkanes) is 2. The molecule has 7 heteroatoms. The van der Waals surface area contributed by atoms with Gasteiger partial charge in [0.2, 0.25) is 0 Å². The van der Waals surface area contributed by atoms with Crippen LogP contribution in [-0.4, -0.2) is 56.8 Å². The van der Waals surface area contributed by atoms with Gasteiger partial charge >= 0.3 is 11.9 Å². The Bertz CT molecular complexity index is 273. The zero-order valence-electron chi connectivity index (χ0n) is 16.0. The van der Waals surface area contributed by atoms with Crippen LogP contribution in [-0.2, 0) is 9.59 Å². The van der Waals surface area contributed by atoms with Crippen molar-refractivity contribution in [3.63, 3.8) is 0 Å². The number of hydrogen-bond acceptors (Lipinski definition) is 5. The number of hydrogen-bond donors (Lipinski definition) is 5. The van der Waals surface area contributed by atoms with Crippen molar-refractivity contribution in [1.29, 1.82) is 0 Å². The van der Waals surface area contributed by atoms with Crippen LogP contribution in [0.5, 0.6) is 0 Å². The molecule has 0 spiro atoms. The van der Waals surface area contributed by atoms with Gasteiger partial charge in [0.05, 0.1) is 6.10 Å². The number of carbonyl (C=O) groups is 2. The molecule has 2 atom stereocenters. The van der Waals surface area contributed by atoms with Crippen molar-refractivity contribution in [2.75, 3.05) is 13.2 Å². The lowest BCUT2D eigenvalue weighted by Gasteiger charge is -2.08. The lowest BCUT2D eigenvalue weighted by Crippen LogP contribution is -2.03. The molecule has 0 rings (SSSR count). The normalized spacial score (nSPS) is 12.1. The SMILES string of the molecule is CC(O)CCO.CCCCC(CC)CO.O=C(O)CCCCC(=O)O. The van der Waals surface area contributed by atoms with Crippen LogP contribution in [0, 0.1) is 5.92 Å². The Kier molecular flexibility index (Phi) is 26.1. The molecule has 5 N–H and O–H groups in total. The molecule has 0 fully saturated rings. The number of aliphatic hydroxyl groups excluding tert-OH is 3. The van der Waals surface area contributed by atoms with E-state index in [1.54, 1.807) is 6.92 Å². The average molecular weight is 366 g/mol. The summed E-state index contributed by atoms with van der Waals surface area (Å²) in [7, 11) is 0. The van der Waals surface area contributed by atoms with Crippen LogP contribution in [0.25, 0.3) is 0 Å². The van der Waals surface area contributed by atoms with Gasteiger partial charge in [-0.1, -0.05) is 33.1 Å². The largest absolute Gasteiger partial charge is 0.481 e. The molecule has 0 aliphatic rings. The second-order valence-electron chi connectivity index (χ2n) is 5.95. The van der Waals surface area contributed by atoms with Crippen LogP contribution in [0.3, 0.4) is 0 Å². The third kappa shape index (κ3) is 35.0. The van der Waals surface area contributed by atoms with Crippen molar-refractivity contribution in [2.45, 2.75) is 84.7 Å². The summed E-state index contributed by atoms with van der Waals surface area (Å²) in [4.78, 5) is 19.8. The highest BCUT2D eigenvalue weighted by molar-refractivity contribution is 5.67. The Balaban J connectivity index is -0.000000300. The van der Waals surface area contributed by atoms with Crippen LogP contribution in [0.15, 0.2) is 0 Å². The van der Waals surface area contributed by atoms with E-state index in [-0.39, 0.29) is 25.6 Å². The van der Waals surface area contributed by atoms with Crippen LogP contribution in [0.2, 0.25) is 0 Å².